The summed E-state index contributed by atoms with van der Waals surface area (Å²) in [5.41, 5.74) is 3.80. The van der Waals surface area contributed by atoms with Gasteiger partial charge in [0.05, 0.1) is 31.9 Å². The molecular formula is C32H28ClFN2O4. The molecule has 1 aliphatic heterocycles. The van der Waals surface area contributed by atoms with Gasteiger partial charge in [-0.3, -0.25) is 9.59 Å². The number of rotatable bonds is 7. The number of hydrogen-bond donors (Lipinski definition) is 1. The zero-order valence-corrected chi connectivity index (χ0v) is 23.0. The van der Waals surface area contributed by atoms with Crippen molar-refractivity contribution in [2.45, 2.75) is 25.4 Å². The third-order valence-corrected chi connectivity index (χ3v) is 7.59. The number of hydrogen-bond acceptors (Lipinski definition) is 4. The molecule has 2 amide bonds. The van der Waals surface area contributed by atoms with Crippen LogP contribution in [0.15, 0.2) is 84.9 Å². The third kappa shape index (κ3) is 5.25. The predicted molar refractivity (Wildman–Crippen MR) is 153 cm³/mol. The molecule has 0 aromatic heterocycles. The molecule has 204 valence electrons. The standard InChI is InChI=1S/C32H28ClFN2O4/c1-19-16-27(28(40-3)17-26(19)33)35-31(37)29-24-6-4-5-7-25(24)32(38)36(18-20-8-12-22(34)13-9-20)30(29)21-10-14-23(39-2)15-11-21/h4-17,29-30H,18H2,1-3H3,(H,35,37)/t29-,30-/m1/s1. The lowest BCUT2D eigenvalue weighted by Gasteiger charge is -2.42. The second-order valence-corrected chi connectivity index (χ2v) is 10.0. The average molecular weight is 559 g/mol. The number of nitrogens with one attached hydrogen (secondary N) is 1. The summed E-state index contributed by atoms with van der Waals surface area (Å²) >= 11 is 6.30. The van der Waals surface area contributed by atoms with Gasteiger partial charge < -0.3 is 19.7 Å². The number of ether oxygens (including phenoxy) is 2. The Hall–Kier alpha value is -4.36. The fraction of sp³-hybridized carbons (Fsp3) is 0.188. The summed E-state index contributed by atoms with van der Waals surface area (Å²) in [6.45, 7) is 2.02. The maximum absolute atomic E-state index is 14.2. The Bertz CT molecular complexity index is 1560. The zero-order chi connectivity index (χ0) is 28.4. The number of fused-ring (bicyclic) bond motifs is 1. The molecule has 2 atom stereocenters. The smallest absolute Gasteiger partial charge is 0.255 e. The van der Waals surface area contributed by atoms with Gasteiger partial charge in [-0.2, -0.15) is 0 Å². The van der Waals surface area contributed by atoms with Crippen LogP contribution in [0.5, 0.6) is 11.5 Å². The van der Waals surface area contributed by atoms with Gasteiger partial charge in [-0.15, -0.1) is 0 Å². The number of anilines is 1. The molecule has 1 aliphatic rings. The van der Waals surface area contributed by atoms with E-state index in [1.165, 1.54) is 19.2 Å². The summed E-state index contributed by atoms with van der Waals surface area (Å²) in [6.07, 6.45) is 0. The minimum Gasteiger partial charge on any atom is -0.497 e. The molecule has 5 rings (SSSR count). The van der Waals surface area contributed by atoms with Gasteiger partial charge in [0, 0.05) is 23.2 Å². The highest BCUT2D eigenvalue weighted by molar-refractivity contribution is 6.31. The van der Waals surface area contributed by atoms with Gasteiger partial charge >= 0.3 is 0 Å². The van der Waals surface area contributed by atoms with E-state index in [-0.39, 0.29) is 24.2 Å². The van der Waals surface area contributed by atoms with E-state index in [4.69, 9.17) is 21.1 Å². The van der Waals surface area contributed by atoms with Crippen molar-refractivity contribution in [1.29, 1.82) is 0 Å². The number of nitrogens with zero attached hydrogens (tertiary/aromatic N) is 1. The first kappa shape index (κ1) is 27.2. The highest BCUT2D eigenvalue weighted by Crippen LogP contribution is 2.45. The van der Waals surface area contributed by atoms with Gasteiger partial charge in [0.15, 0.2) is 0 Å². The summed E-state index contributed by atoms with van der Waals surface area (Å²) in [4.78, 5) is 29.9. The molecule has 0 spiro atoms. The van der Waals surface area contributed by atoms with E-state index >= 15 is 0 Å². The summed E-state index contributed by atoms with van der Waals surface area (Å²) in [5.74, 6) is -0.597. The predicted octanol–water partition coefficient (Wildman–Crippen LogP) is 6.92. The Morgan fingerprint density at radius 2 is 1.68 bits per heavy atom. The second-order valence-electron chi connectivity index (χ2n) is 9.63. The van der Waals surface area contributed by atoms with E-state index in [1.54, 1.807) is 60.5 Å². The van der Waals surface area contributed by atoms with Crippen LogP contribution in [0.4, 0.5) is 10.1 Å². The Morgan fingerprint density at radius 3 is 2.35 bits per heavy atom. The van der Waals surface area contributed by atoms with Crippen molar-refractivity contribution in [3.05, 3.63) is 124 Å². The minimum atomic E-state index is -0.775. The van der Waals surface area contributed by atoms with Gasteiger partial charge in [0.1, 0.15) is 17.3 Å². The van der Waals surface area contributed by atoms with E-state index < -0.39 is 12.0 Å². The summed E-state index contributed by atoms with van der Waals surface area (Å²) < 4.78 is 24.5. The lowest BCUT2D eigenvalue weighted by molar-refractivity contribution is -0.119. The first-order valence-corrected chi connectivity index (χ1v) is 13.1. The maximum Gasteiger partial charge on any atom is 0.255 e. The molecular weight excluding hydrogens is 531 g/mol. The molecule has 4 aromatic carbocycles. The lowest BCUT2D eigenvalue weighted by atomic mass is 9.79. The second kappa shape index (κ2) is 11.4. The first-order chi connectivity index (χ1) is 19.3. The van der Waals surface area contributed by atoms with E-state index in [0.717, 1.165) is 16.7 Å². The minimum absolute atomic E-state index is 0.178. The molecule has 0 saturated heterocycles. The highest BCUT2D eigenvalue weighted by Gasteiger charge is 2.44. The van der Waals surface area contributed by atoms with E-state index in [9.17, 15) is 14.0 Å². The number of aryl methyl sites for hydroxylation is 1. The number of carbonyl (C=O) groups is 2. The molecule has 40 heavy (non-hydrogen) atoms. The summed E-state index contributed by atoms with van der Waals surface area (Å²) in [6, 6.07) is 23.2. The Morgan fingerprint density at radius 1 is 0.975 bits per heavy atom. The Balaban J connectivity index is 1.64. The number of carbonyl (C=O) groups excluding carboxylic acids is 2. The van der Waals surface area contributed by atoms with E-state index in [1.807, 2.05) is 31.2 Å². The van der Waals surface area contributed by atoms with Crippen molar-refractivity contribution < 1.29 is 23.5 Å². The van der Waals surface area contributed by atoms with Gasteiger partial charge in [-0.25, -0.2) is 4.39 Å². The van der Waals surface area contributed by atoms with Crippen LogP contribution < -0.4 is 14.8 Å². The highest BCUT2D eigenvalue weighted by atomic mass is 35.5. The van der Waals surface area contributed by atoms with Crippen LogP contribution in [0.2, 0.25) is 5.02 Å². The van der Waals surface area contributed by atoms with Gasteiger partial charge in [0.2, 0.25) is 5.91 Å². The molecule has 0 fully saturated rings. The molecule has 1 N–H and O–H groups in total. The van der Waals surface area contributed by atoms with Crippen molar-refractivity contribution in [2.24, 2.45) is 0 Å². The van der Waals surface area contributed by atoms with Crippen molar-refractivity contribution in [3.63, 3.8) is 0 Å². The number of methoxy groups -OCH3 is 2. The molecule has 0 saturated carbocycles. The van der Waals surface area contributed by atoms with Crippen LogP contribution in [0.1, 0.15) is 44.6 Å². The molecule has 0 radical (unpaired) electrons. The average Bonchev–Trinajstić information content (AvgIpc) is 2.97. The number of halogens is 2. The van der Waals surface area contributed by atoms with Gasteiger partial charge in [-0.05, 0) is 65.6 Å². The Labute approximate surface area is 237 Å². The Kier molecular flexibility index (Phi) is 7.76. The third-order valence-electron chi connectivity index (χ3n) is 7.18. The zero-order valence-electron chi connectivity index (χ0n) is 22.3. The maximum atomic E-state index is 14.2. The summed E-state index contributed by atoms with van der Waals surface area (Å²) in [5, 5.41) is 3.55. The number of benzene rings is 4. The fourth-order valence-electron chi connectivity index (χ4n) is 5.15. The molecule has 0 aliphatic carbocycles. The number of amides is 2. The van der Waals surface area contributed by atoms with E-state index in [2.05, 4.69) is 5.32 Å². The molecule has 1 heterocycles. The van der Waals surface area contributed by atoms with Crippen LogP contribution >= 0.6 is 11.6 Å². The lowest BCUT2D eigenvalue weighted by Crippen LogP contribution is -2.45. The van der Waals surface area contributed by atoms with Crippen LogP contribution in [0, 0.1) is 12.7 Å². The fourth-order valence-corrected chi connectivity index (χ4v) is 5.30. The quantitative estimate of drug-likeness (QED) is 0.267. The largest absolute Gasteiger partial charge is 0.497 e. The van der Waals surface area contributed by atoms with Crippen molar-refractivity contribution in [2.75, 3.05) is 19.5 Å². The first-order valence-electron chi connectivity index (χ1n) is 12.7. The van der Waals surface area contributed by atoms with Crippen LogP contribution in [0.25, 0.3) is 0 Å². The van der Waals surface area contributed by atoms with Gasteiger partial charge in [0.25, 0.3) is 5.91 Å². The molecule has 0 unspecified atom stereocenters. The monoisotopic (exact) mass is 558 g/mol. The molecule has 6 nitrogen and oxygen atoms in total. The molecule has 4 aromatic rings. The van der Waals surface area contributed by atoms with Crippen molar-refractivity contribution >= 4 is 29.1 Å². The molecule has 8 heteroatoms. The van der Waals surface area contributed by atoms with E-state index in [0.29, 0.717) is 33.3 Å². The molecule has 0 bridgehead atoms. The van der Waals surface area contributed by atoms with Crippen molar-refractivity contribution in [3.8, 4) is 11.5 Å². The van der Waals surface area contributed by atoms with Crippen LogP contribution in [0.3, 0.4) is 0 Å². The van der Waals surface area contributed by atoms with Crippen molar-refractivity contribution in [1.82, 2.24) is 4.90 Å². The normalized spacial score (nSPS) is 16.3. The summed E-state index contributed by atoms with van der Waals surface area (Å²) in [7, 11) is 3.09. The SMILES string of the molecule is COc1ccc([C@@H]2[C@H](C(=O)Nc3cc(C)c(Cl)cc3OC)c3ccccc3C(=O)N2Cc2ccc(F)cc2)cc1. The van der Waals surface area contributed by atoms with Gasteiger partial charge in [-0.1, -0.05) is 54.1 Å². The van der Waals surface area contributed by atoms with Crippen LogP contribution in [-0.4, -0.2) is 30.9 Å². The van der Waals surface area contributed by atoms with Crippen LogP contribution in [-0.2, 0) is 11.3 Å². The topological polar surface area (TPSA) is 67.9 Å².